The highest BCUT2D eigenvalue weighted by molar-refractivity contribution is 5.12. The molecule has 18 heavy (non-hydrogen) atoms. The quantitative estimate of drug-likeness (QED) is 0.876. The number of aryl methyl sites for hydroxylation is 1. The minimum atomic E-state index is 0.476. The fourth-order valence-electron chi connectivity index (χ4n) is 1.74. The maximum Gasteiger partial charge on any atom is 0.0831 e. The van der Waals surface area contributed by atoms with Gasteiger partial charge in [-0.3, -0.25) is 9.67 Å². The van der Waals surface area contributed by atoms with Crippen LogP contribution in [0.1, 0.15) is 30.9 Å². The van der Waals surface area contributed by atoms with Crippen LogP contribution in [0.5, 0.6) is 0 Å². The number of nitrogens with zero attached hydrogens (tertiary/aromatic N) is 3. The maximum atomic E-state index is 4.63. The highest BCUT2D eigenvalue weighted by Crippen LogP contribution is 2.03. The van der Waals surface area contributed by atoms with E-state index in [1.807, 2.05) is 36.0 Å². The van der Waals surface area contributed by atoms with Gasteiger partial charge in [0.2, 0.25) is 0 Å². The van der Waals surface area contributed by atoms with Gasteiger partial charge in [0, 0.05) is 18.8 Å². The van der Waals surface area contributed by atoms with Crippen LogP contribution in [0.25, 0.3) is 0 Å². The minimum absolute atomic E-state index is 0.476. The van der Waals surface area contributed by atoms with Gasteiger partial charge in [0.05, 0.1) is 23.6 Å². The van der Waals surface area contributed by atoms with E-state index in [4.69, 9.17) is 0 Å². The second-order valence-electron chi connectivity index (χ2n) is 4.81. The predicted octanol–water partition coefficient (Wildman–Crippen LogP) is 2.13. The van der Waals surface area contributed by atoms with Crippen LogP contribution in [-0.2, 0) is 13.1 Å². The van der Waals surface area contributed by atoms with Crippen molar-refractivity contribution < 1.29 is 0 Å². The van der Waals surface area contributed by atoms with Crippen molar-refractivity contribution in [3.05, 3.63) is 47.5 Å². The summed E-state index contributed by atoms with van der Waals surface area (Å²) in [6.45, 7) is 7.80. The van der Waals surface area contributed by atoms with E-state index in [-0.39, 0.29) is 0 Å². The van der Waals surface area contributed by atoms with Gasteiger partial charge in [0.1, 0.15) is 0 Å². The largest absolute Gasteiger partial charge is 0.309 e. The molecule has 0 atom stereocenters. The van der Waals surface area contributed by atoms with Gasteiger partial charge < -0.3 is 5.32 Å². The standard InChI is InChI=1S/C14H20N4/c1-11(2)15-9-13-5-4-6-14(16-13)10-18-8-7-12(3)17-18/h4-8,11,15H,9-10H2,1-3H3. The number of rotatable bonds is 5. The van der Waals surface area contributed by atoms with E-state index >= 15 is 0 Å². The van der Waals surface area contributed by atoms with Crippen LogP contribution >= 0.6 is 0 Å². The van der Waals surface area contributed by atoms with Crippen LogP contribution in [0.15, 0.2) is 30.5 Å². The Balaban J connectivity index is 2.02. The van der Waals surface area contributed by atoms with Crippen molar-refractivity contribution in [2.45, 2.75) is 39.9 Å². The summed E-state index contributed by atoms with van der Waals surface area (Å²) in [5, 5.41) is 7.74. The third kappa shape index (κ3) is 3.67. The zero-order valence-corrected chi connectivity index (χ0v) is 11.2. The first-order valence-corrected chi connectivity index (χ1v) is 6.32. The molecule has 0 saturated carbocycles. The lowest BCUT2D eigenvalue weighted by atomic mass is 10.3. The molecule has 4 heteroatoms. The van der Waals surface area contributed by atoms with Crippen LogP contribution in [0, 0.1) is 6.92 Å². The molecule has 0 aliphatic carbocycles. The summed E-state index contributed by atoms with van der Waals surface area (Å²) >= 11 is 0. The molecule has 4 nitrogen and oxygen atoms in total. The summed E-state index contributed by atoms with van der Waals surface area (Å²) in [4.78, 5) is 4.63. The topological polar surface area (TPSA) is 42.7 Å². The van der Waals surface area contributed by atoms with Gasteiger partial charge in [-0.25, -0.2) is 0 Å². The monoisotopic (exact) mass is 244 g/mol. The average Bonchev–Trinajstić information content (AvgIpc) is 2.73. The van der Waals surface area contributed by atoms with Crippen LogP contribution in [0.4, 0.5) is 0 Å². The van der Waals surface area contributed by atoms with Gasteiger partial charge in [-0.2, -0.15) is 5.10 Å². The van der Waals surface area contributed by atoms with Crippen LogP contribution in [-0.4, -0.2) is 20.8 Å². The molecule has 0 radical (unpaired) electrons. The molecule has 0 aliphatic heterocycles. The van der Waals surface area contributed by atoms with E-state index < -0.39 is 0 Å². The first-order valence-electron chi connectivity index (χ1n) is 6.32. The molecule has 0 spiro atoms. The van der Waals surface area contributed by atoms with Crippen molar-refractivity contribution in [3.63, 3.8) is 0 Å². The first kappa shape index (κ1) is 12.8. The number of pyridine rings is 1. The smallest absolute Gasteiger partial charge is 0.0831 e. The van der Waals surface area contributed by atoms with Crippen molar-refractivity contribution in [1.82, 2.24) is 20.1 Å². The molecule has 2 rings (SSSR count). The molecule has 96 valence electrons. The lowest BCUT2D eigenvalue weighted by Crippen LogP contribution is -2.22. The van der Waals surface area contributed by atoms with Crippen LogP contribution in [0.2, 0.25) is 0 Å². The summed E-state index contributed by atoms with van der Waals surface area (Å²) in [7, 11) is 0. The Labute approximate surface area is 108 Å². The minimum Gasteiger partial charge on any atom is -0.309 e. The van der Waals surface area contributed by atoms with E-state index in [1.54, 1.807) is 0 Å². The number of hydrogen-bond donors (Lipinski definition) is 1. The molecule has 0 aliphatic rings. The lowest BCUT2D eigenvalue weighted by Gasteiger charge is -2.08. The second kappa shape index (κ2) is 5.78. The lowest BCUT2D eigenvalue weighted by molar-refractivity contribution is 0.577. The Morgan fingerprint density at radius 2 is 2.00 bits per heavy atom. The highest BCUT2D eigenvalue weighted by atomic mass is 15.3. The van der Waals surface area contributed by atoms with Gasteiger partial charge in [-0.05, 0) is 25.1 Å². The number of nitrogens with one attached hydrogen (secondary N) is 1. The molecule has 1 N–H and O–H groups in total. The average molecular weight is 244 g/mol. The van der Waals surface area contributed by atoms with Crippen molar-refractivity contribution in [1.29, 1.82) is 0 Å². The van der Waals surface area contributed by atoms with E-state index in [0.717, 1.165) is 30.2 Å². The fourth-order valence-corrected chi connectivity index (χ4v) is 1.74. The van der Waals surface area contributed by atoms with E-state index in [1.165, 1.54) is 0 Å². The summed E-state index contributed by atoms with van der Waals surface area (Å²) in [5.41, 5.74) is 3.15. The zero-order valence-electron chi connectivity index (χ0n) is 11.2. The third-order valence-electron chi connectivity index (χ3n) is 2.65. The van der Waals surface area contributed by atoms with Crippen molar-refractivity contribution in [3.8, 4) is 0 Å². The Morgan fingerprint density at radius 3 is 2.67 bits per heavy atom. The Morgan fingerprint density at radius 1 is 1.22 bits per heavy atom. The Bertz CT molecular complexity index is 502. The molecule has 0 bridgehead atoms. The normalized spacial score (nSPS) is 11.1. The van der Waals surface area contributed by atoms with Gasteiger partial charge >= 0.3 is 0 Å². The molecule has 0 saturated heterocycles. The summed E-state index contributed by atoms with van der Waals surface area (Å²) in [6, 6.07) is 8.62. The predicted molar refractivity (Wildman–Crippen MR) is 72.3 cm³/mol. The second-order valence-corrected chi connectivity index (χ2v) is 4.81. The summed E-state index contributed by atoms with van der Waals surface area (Å²) < 4.78 is 1.91. The maximum absolute atomic E-state index is 4.63. The van der Waals surface area contributed by atoms with Gasteiger partial charge in [0.25, 0.3) is 0 Å². The first-order chi connectivity index (χ1) is 8.63. The molecule has 2 aromatic heterocycles. The molecular formula is C14H20N4. The summed E-state index contributed by atoms with van der Waals surface area (Å²) in [5.74, 6) is 0. The van der Waals surface area contributed by atoms with Gasteiger partial charge in [0.15, 0.2) is 0 Å². The van der Waals surface area contributed by atoms with Crippen molar-refractivity contribution in [2.24, 2.45) is 0 Å². The molecule has 0 aromatic carbocycles. The number of hydrogen-bond acceptors (Lipinski definition) is 3. The van der Waals surface area contributed by atoms with Crippen molar-refractivity contribution >= 4 is 0 Å². The van der Waals surface area contributed by atoms with E-state index in [0.29, 0.717) is 6.04 Å². The van der Waals surface area contributed by atoms with E-state index in [2.05, 4.69) is 35.3 Å². The van der Waals surface area contributed by atoms with Gasteiger partial charge in [-0.1, -0.05) is 19.9 Å². The zero-order chi connectivity index (χ0) is 13.0. The highest BCUT2D eigenvalue weighted by Gasteiger charge is 2.01. The van der Waals surface area contributed by atoms with Gasteiger partial charge in [-0.15, -0.1) is 0 Å². The van der Waals surface area contributed by atoms with Crippen molar-refractivity contribution in [2.75, 3.05) is 0 Å². The van der Waals surface area contributed by atoms with E-state index in [9.17, 15) is 0 Å². The third-order valence-corrected chi connectivity index (χ3v) is 2.65. The fraction of sp³-hybridized carbons (Fsp3) is 0.429. The SMILES string of the molecule is Cc1ccn(Cc2cccc(CNC(C)C)n2)n1. The molecular weight excluding hydrogens is 224 g/mol. The Hall–Kier alpha value is -1.68. The summed E-state index contributed by atoms with van der Waals surface area (Å²) in [6.07, 6.45) is 1.98. The number of aromatic nitrogens is 3. The molecule has 2 heterocycles. The molecule has 0 unspecified atom stereocenters. The molecule has 2 aromatic rings. The molecule has 0 amide bonds. The van der Waals surface area contributed by atoms with Crippen LogP contribution in [0.3, 0.4) is 0 Å². The Kier molecular flexibility index (Phi) is 4.10. The van der Waals surface area contributed by atoms with Crippen LogP contribution < -0.4 is 5.32 Å². The molecule has 0 fully saturated rings.